The first kappa shape index (κ1) is 19.7. The molecule has 10 heteroatoms. The van der Waals surface area contributed by atoms with E-state index in [2.05, 4.69) is 20.4 Å². The van der Waals surface area contributed by atoms with Crippen molar-refractivity contribution >= 4 is 11.9 Å². The van der Waals surface area contributed by atoms with Crippen molar-refractivity contribution in [2.75, 3.05) is 46.9 Å². The number of pyridine rings is 1. The Bertz CT molecular complexity index is 790. The van der Waals surface area contributed by atoms with Crippen molar-refractivity contribution in [1.82, 2.24) is 30.2 Å². The summed E-state index contributed by atoms with van der Waals surface area (Å²) in [6, 6.07) is 3.24. The first-order valence-corrected chi connectivity index (χ1v) is 9.08. The first-order valence-electron chi connectivity index (χ1n) is 9.08. The zero-order chi connectivity index (χ0) is 19.9. The van der Waals surface area contributed by atoms with Crippen LogP contribution < -0.4 is 5.32 Å². The molecule has 0 aromatic carbocycles. The van der Waals surface area contributed by atoms with Gasteiger partial charge in [-0.3, -0.25) is 9.78 Å². The van der Waals surface area contributed by atoms with Gasteiger partial charge in [-0.05, 0) is 12.1 Å². The van der Waals surface area contributed by atoms with E-state index in [0.717, 1.165) is 0 Å². The van der Waals surface area contributed by atoms with Crippen molar-refractivity contribution in [2.24, 2.45) is 0 Å². The number of carbonyl (C=O) groups is 2. The molecule has 0 spiro atoms. The van der Waals surface area contributed by atoms with E-state index in [9.17, 15) is 9.59 Å². The van der Waals surface area contributed by atoms with Crippen LogP contribution in [0.5, 0.6) is 0 Å². The van der Waals surface area contributed by atoms with E-state index < -0.39 is 0 Å². The molecule has 0 bridgehead atoms. The Morgan fingerprint density at radius 1 is 1.36 bits per heavy atom. The molecule has 3 heterocycles. The summed E-state index contributed by atoms with van der Waals surface area (Å²) in [4.78, 5) is 35.8. The van der Waals surface area contributed by atoms with Crippen molar-refractivity contribution in [1.29, 1.82) is 0 Å². The highest BCUT2D eigenvalue weighted by molar-refractivity contribution is 5.93. The number of ether oxygens (including phenoxy) is 1. The van der Waals surface area contributed by atoms with E-state index >= 15 is 0 Å². The predicted octanol–water partition coefficient (Wildman–Crippen LogP) is 0.535. The molecule has 1 saturated heterocycles. The van der Waals surface area contributed by atoms with Gasteiger partial charge >= 0.3 is 6.03 Å². The lowest BCUT2D eigenvalue weighted by Gasteiger charge is -2.36. The molecule has 3 rings (SSSR count). The monoisotopic (exact) mass is 388 g/mol. The molecule has 2 aromatic rings. The molecule has 1 fully saturated rings. The number of aromatic nitrogens is 3. The van der Waals surface area contributed by atoms with E-state index in [1.807, 2.05) is 0 Å². The largest absolute Gasteiger partial charge is 0.383 e. The lowest BCUT2D eigenvalue weighted by atomic mass is 10.0. The number of rotatable bonds is 8. The van der Waals surface area contributed by atoms with Crippen LogP contribution in [-0.2, 0) is 11.2 Å². The van der Waals surface area contributed by atoms with E-state index in [1.54, 1.807) is 48.5 Å². The van der Waals surface area contributed by atoms with Gasteiger partial charge < -0.3 is 24.4 Å². The number of carbonyl (C=O) groups excluding carboxylic acids is 2. The van der Waals surface area contributed by atoms with Crippen LogP contribution in [0.25, 0.3) is 0 Å². The van der Waals surface area contributed by atoms with Gasteiger partial charge in [0, 0.05) is 64.7 Å². The molecular formula is C18H24N6O4. The third-order valence-electron chi connectivity index (χ3n) is 4.53. The van der Waals surface area contributed by atoms with E-state index in [0.29, 0.717) is 56.5 Å². The minimum Gasteiger partial charge on any atom is -0.383 e. The second-order valence-electron chi connectivity index (χ2n) is 6.59. The fraction of sp³-hybridized carbons (Fsp3) is 0.500. The Balaban J connectivity index is 1.43. The summed E-state index contributed by atoms with van der Waals surface area (Å²) in [5.74, 6) is 1.04. The van der Waals surface area contributed by atoms with Crippen LogP contribution in [0.3, 0.4) is 0 Å². The minimum absolute atomic E-state index is 0.0469. The molecule has 150 valence electrons. The van der Waals surface area contributed by atoms with Crippen LogP contribution >= 0.6 is 0 Å². The highest BCUT2D eigenvalue weighted by atomic mass is 16.5. The zero-order valence-corrected chi connectivity index (χ0v) is 16.0. The zero-order valence-electron chi connectivity index (χ0n) is 16.0. The van der Waals surface area contributed by atoms with Crippen LogP contribution in [0.4, 0.5) is 4.79 Å². The summed E-state index contributed by atoms with van der Waals surface area (Å²) in [5, 5.41) is 6.76. The third-order valence-corrected chi connectivity index (χ3v) is 4.53. The maximum Gasteiger partial charge on any atom is 0.317 e. The maximum absolute atomic E-state index is 12.3. The molecule has 10 nitrogen and oxygen atoms in total. The van der Waals surface area contributed by atoms with Gasteiger partial charge in [0.15, 0.2) is 5.82 Å². The molecule has 0 atom stereocenters. The third kappa shape index (κ3) is 4.83. The molecule has 1 N–H and O–H groups in total. The van der Waals surface area contributed by atoms with Crippen LogP contribution in [0, 0.1) is 0 Å². The smallest absolute Gasteiger partial charge is 0.317 e. The normalized spacial score (nSPS) is 13.9. The number of likely N-dealkylation sites (N-methyl/N-ethyl adjacent to an activating group) is 1. The number of nitrogens with zero attached hydrogens (tertiary/aromatic N) is 5. The van der Waals surface area contributed by atoms with Gasteiger partial charge in [0.1, 0.15) is 0 Å². The summed E-state index contributed by atoms with van der Waals surface area (Å²) >= 11 is 0. The van der Waals surface area contributed by atoms with Crippen LogP contribution in [0.15, 0.2) is 29.0 Å². The van der Waals surface area contributed by atoms with E-state index in [4.69, 9.17) is 9.26 Å². The number of nitrogens with one attached hydrogen (secondary N) is 1. The standard InChI is InChI=1S/C18H24N6O4/c1-23(17(25)13-3-6-19-7-4-13)9-5-15-21-16(28-22-15)14-11-24(12-14)18(26)20-8-10-27-2/h3-4,6-7,14H,5,8-12H2,1-2H3,(H,20,26). The van der Waals surface area contributed by atoms with Gasteiger partial charge in [-0.1, -0.05) is 5.16 Å². The summed E-state index contributed by atoms with van der Waals surface area (Å²) in [6.07, 6.45) is 3.67. The molecule has 1 aliphatic heterocycles. The SMILES string of the molecule is COCCNC(=O)N1CC(c2nc(CCN(C)C(=O)c3ccncc3)no2)C1. The highest BCUT2D eigenvalue weighted by Gasteiger charge is 2.35. The molecule has 0 aliphatic carbocycles. The number of hydrogen-bond donors (Lipinski definition) is 1. The number of methoxy groups -OCH3 is 1. The number of hydrogen-bond acceptors (Lipinski definition) is 7. The molecule has 0 unspecified atom stereocenters. The fourth-order valence-electron chi connectivity index (χ4n) is 2.79. The average Bonchev–Trinajstić information content (AvgIpc) is 3.13. The molecule has 0 saturated carbocycles. The molecule has 28 heavy (non-hydrogen) atoms. The Labute approximate surface area is 162 Å². The number of amides is 3. The van der Waals surface area contributed by atoms with Gasteiger partial charge in [0.2, 0.25) is 5.89 Å². The van der Waals surface area contributed by atoms with Gasteiger partial charge in [-0.2, -0.15) is 4.98 Å². The Morgan fingerprint density at radius 3 is 2.82 bits per heavy atom. The number of urea groups is 1. The molecule has 1 aliphatic rings. The van der Waals surface area contributed by atoms with Crippen LogP contribution in [0.2, 0.25) is 0 Å². The second-order valence-corrected chi connectivity index (χ2v) is 6.59. The quantitative estimate of drug-likeness (QED) is 0.656. The van der Waals surface area contributed by atoms with Crippen molar-refractivity contribution in [2.45, 2.75) is 12.3 Å². The van der Waals surface area contributed by atoms with Gasteiger partial charge in [0.25, 0.3) is 5.91 Å². The summed E-state index contributed by atoms with van der Waals surface area (Å²) in [7, 11) is 3.32. The molecular weight excluding hydrogens is 364 g/mol. The minimum atomic E-state index is -0.121. The lowest BCUT2D eigenvalue weighted by Crippen LogP contribution is -2.53. The van der Waals surface area contributed by atoms with Gasteiger partial charge in [-0.25, -0.2) is 4.79 Å². The van der Waals surface area contributed by atoms with Gasteiger partial charge in [-0.15, -0.1) is 0 Å². The van der Waals surface area contributed by atoms with Crippen molar-refractivity contribution in [3.63, 3.8) is 0 Å². The average molecular weight is 388 g/mol. The van der Waals surface area contributed by atoms with E-state index in [-0.39, 0.29) is 17.9 Å². The maximum atomic E-state index is 12.3. The van der Waals surface area contributed by atoms with Crippen molar-refractivity contribution in [3.8, 4) is 0 Å². The fourth-order valence-corrected chi connectivity index (χ4v) is 2.79. The molecule has 2 aromatic heterocycles. The van der Waals surface area contributed by atoms with Crippen LogP contribution in [0.1, 0.15) is 28.0 Å². The Morgan fingerprint density at radius 2 is 2.11 bits per heavy atom. The molecule has 3 amide bonds. The predicted molar refractivity (Wildman–Crippen MR) is 98.8 cm³/mol. The summed E-state index contributed by atoms with van der Waals surface area (Å²) in [6.45, 7) is 2.52. The van der Waals surface area contributed by atoms with Crippen LogP contribution in [-0.4, -0.2) is 83.8 Å². The first-order chi connectivity index (χ1) is 13.6. The number of likely N-dealkylation sites (tertiary alicyclic amines) is 1. The van der Waals surface area contributed by atoms with Crippen molar-refractivity contribution < 1.29 is 18.8 Å². The topological polar surface area (TPSA) is 114 Å². The Kier molecular flexibility index (Phi) is 6.53. The lowest BCUT2D eigenvalue weighted by molar-refractivity contribution is 0.0795. The summed E-state index contributed by atoms with van der Waals surface area (Å²) in [5.41, 5.74) is 0.588. The molecule has 0 radical (unpaired) electrons. The van der Waals surface area contributed by atoms with Gasteiger partial charge in [0.05, 0.1) is 12.5 Å². The summed E-state index contributed by atoms with van der Waals surface area (Å²) < 4.78 is 10.2. The second kappa shape index (κ2) is 9.27. The highest BCUT2D eigenvalue weighted by Crippen LogP contribution is 2.25. The Hall–Kier alpha value is -3.01. The van der Waals surface area contributed by atoms with Crippen molar-refractivity contribution in [3.05, 3.63) is 41.8 Å². The van der Waals surface area contributed by atoms with E-state index in [1.165, 1.54) is 0 Å².